The first-order chi connectivity index (χ1) is 14.6. The molecular formula is C25H27NO4. The minimum atomic E-state index is -0.736. The molecule has 5 nitrogen and oxygen atoms in total. The largest absolute Gasteiger partial charge is 0.515 e. The fourth-order valence-corrected chi connectivity index (χ4v) is 3.27. The molecule has 3 aromatic rings. The van der Waals surface area contributed by atoms with Gasteiger partial charge < -0.3 is 19.1 Å². The molecular weight excluding hydrogens is 378 g/mol. The van der Waals surface area contributed by atoms with Gasteiger partial charge in [-0.3, -0.25) is 0 Å². The van der Waals surface area contributed by atoms with Gasteiger partial charge in [-0.2, -0.15) is 0 Å². The van der Waals surface area contributed by atoms with E-state index in [1.165, 1.54) is 5.56 Å². The molecule has 0 radical (unpaired) electrons. The van der Waals surface area contributed by atoms with Gasteiger partial charge in [-0.15, -0.1) is 0 Å². The topological polar surface area (TPSA) is 48.0 Å². The smallest absolute Gasteiger partial charge is 0.497 e. The summed E-state index contributed by atoms with van der Waals surface area (Å²) in [5, 5.41) is 0. The van der Waals surface area contributed by atoms with Crippen LogP contribution in [0.4, 0.5) is 10.5 Å². The lowest BCUT2D eigenvalue weighted by molar-refractivity contribution is 0.0645. The van der Waals surface area contributed by atoms with E-state index in [1.807, 2.05) is 73.3 Å². The van der Waals surface area contributed by atoms with E-state index in [-0.39, 0.29) is 0 Å². The van der Waals surface area contributed by atoms with E-state index in [9.17, 15) is 4.79 Å². The Morgan fingerprint density at radius 1 is 0.900 bits per heavy atom. The Hall–Kier alpha value is -3.47. The van der Waals surface area contributed by atoms with Crippen molar-refractivity contribution in [2.24, 2.45) is 0 Å². The summed E-state index contributed by atoms with van der Waals surface area (Å²) in [6.45, 7) is 4.47. The van der Waals surface area contributed by atoms with Crippen molar-refractivity contribution in [2.75, 3.05) is 18.6 Å². The molecule has 0 heterocycles. The second kappa shape index (κ2) is 10.3. The van der Waals surface area contributed by atoms with E-state index in [1.54, 1.807) is 19.2 Å². The maximum Gasteiger partial charge on any atom is 0.515 e. The molecule has 1 unspecified atom stereocenters. The lowest BCUT2D eigenvalue weighted by Crippen LogP contribution is -2.37. The van der Waals surface area contributed by atoms with Crippen LogP contribution in [0, 0.1) is 0 Å². The number of carbonyl (C=O) groups excluding carboxylic acids is 1. The number of ether oxygens (including phenoxy) is 3. The molecule has 0 amide bonds. The molecule has 3 aromatic carbocycles. The zero-order valence-corrected chi connectivity index (χ0v) is 17.6. The Bertz CT molecular complexity index is 941. The third-order valence-corrected chi connectivity index (χ3v) is 4.81. The predicted molar refractivity (Wildman–Crippen MR) is 118 cm³/mol. The molecule has 0 aromatic heterocycles. The monoisotopic (exact) mass is 405 g/mol. The molecule has 0 bridgehead atoms. The fourth-order valence-electron chi connectivity index (χ4n) is 3.27. The van der Waals surface area contributed by atoms with Gasteiger partial charge in [0.15, 0.2) is 6.23 Å². The van der Waals surface area contributed by atoms with Gasteiger partial charge in [-0.25, -0.2) is 4.79 Å². The van der Waals surface area contributed by atoms with Crippen LogP contribution >= 0.6 is 0 Å². The lowest BCUT2D eigenvalue weighted by Gasteiger charge is -2.29. The zero-order chi connectivity index (χ0) is 21.3. The zero-order valence-electron chi connectivity index (χ0n) is 17.6. The first-order valence-electron chi connectivity index (χ1n) is 10.0. The molecule has 0 aliphatic rings. The van der Waals surface area contributed by atoms with Gasteiger partial charge >= 0.3 is 6.16 Å². The highest BCUT2D eigenvalue weighted by Gasteiger charge is 2.19. The van der Waals surface area contributed by atoms with E-state index < -0.39 is 12.4 Å². The molecule has 5 heteroatoms. The molecule has 156 valence electrons. The molecule has 0 fully saturated rings. The average Bonchev–Trinajstić information content (AvgIpc) is 2.76. The van der Waals surface area contributed by atoms with Crippen LogP contribution in [0.25, 0.3) is 0 Å². The summed E-state index contributed by atoms with van der Waals surface area (Å²) in [7, 11) is 1.62. The molecule has 0 saturated heterocycles. The highest BCUT2D eigenvalue weighted by Crippen LogP contribution is 2.23. The van der Waals surface area contributed by atoms with Crippen LogP contribution in [0.1, 0.15) is 25.0 Å². The van der Waals surface area contributed by atoms with Crippen LogP contribution in [-0.2, 0) is 11.2 Å². The second-order valence-electron chi connectivity index (χ2n) is 6.86. The molecule has 0 N–H and O–H groups in total. The molecule has 0 aliphatic heterocycles. The Labute approximate surface area is 177 Å². The summed E-state index contributed by atoms with van der Waals surface area (Å²) in [4.78, 5) is 14.2. The van der Waals surface area contributed by atoms with Gasteiger partial charge in [0.1, 0.15) is 11.5 Å². The van der Waals surface area contributed by atoms with E-state index in [4.69, 9.17) is 14.2 Å². The van der Waals surface area contributed by atoms with Crippen molar-refractivity contribution >= 4 is 11.8 Å². The number of benzene rings is 3. The summed E-state index contributed by atoms with van der Waals surface area (Å²) in [6.07, 6.45) is -0.402. The molecule has 1 atom stereocenters. The Balaban J connectivity index is 1.57. The Morgan fingerprint density at radius 2 is 1.60 bits per heavy atom. The number of carbonyl (C=O) groups is 1. The maximum atomic E-state index is 12.3. The number of hydrogen-bond donors (Lipinski definition) is 0. The second-order valence-corrected chi connectivity index (χ2v) is 6.86. The summed E-state index contributed by atoms with van der Waals surface area (Å²) < 4.78 is 16.1. The van der Waals surface area contributed by atoms with Crippen LogP contribution in [0.2, 0.25) is 0 Å². The van der Waals surface area contributed by atoms with E-state index in [0.29, 0.717) is 12.3 Å². The molecule has 30 heavy (non-hydrogen) atoms. The van der Waals surface area contributed by atoms with Gasteiger partial charge in [0.05, 0.1) is 7.11 Å². The summed E-state index contributed by atoms with van der Waals surface area (Å²) in [6, 6.07) is 25.3. The SMILES string of the molecule is CCN(c1cccc(OC)c1)C(C)OC(=O)Oc1ccc(Cc2ccccc2)cc1. The van der Waals surface area contributed by atoms with E-state index in [0.717, 1.165) is 23.4 Å². The number of rotatable bonds is 8. The van der Waals surface area contributed by atoms with Gasteiger partial charge in [-0.05, 0) is 55.7 Å². The Kier molecular flexibility index (Phi) is 7.33. The van der Waals surface area contributed by atoms with Crippen molar-refractivity contribution in [3.63, 3.8) is 0 Å². The molecule has 0 aliphatic carbocycles. The van der Waals surface area contributed by atoms with Gasteiger partial charge in [-0.1, -0.05) is 48.5 Å². The standard InChI is InChI=1S/C25H27NO4/c1-4-26(22-11-8-12-24(18-22)28-3)19(2)29-25(27)30-23-15-13-21(14-16-23)17-20-9-6-5-7-10-20/h5-16,18-19H,4,17H2,1-3H3. The van der Waals surface area contributed by atoms with Gasteiger partial charge in [0.2, 0.25) is 0 Å². The normalized spacial score (nSPS) is 11.4. The number of hydrogen-bond acceptors (Lipinski definition) is 5. The van der Waals surface area contributed by atoms with Crippen molar-refractivity contribution < 1.29 is 19.0 Å². The maximum absolute atomic E-state index is 12.3. The summed E-state index contributed by atoms with van der Waals surface area (Å²) in [5.41, 5.74) is 3.28. The van der Waals surface area contributed by atoms with E-state index >= 15 is 0 Å². The minimum absolute atomic E-state index is 0.452. The van der Waals surface area contributed by atoms with Crippen LogP contribution in [-0.4, -0.2) is 26.0 Å². The Morgan fingerprint density at radius 3 is 2.27 bits per heavy atom. The van der Waals surface area contributed by atoms with Crippen LogP contribution < -0.4 is 14.4 Å². The average molecular weight is 405 g/mol. The van der Waals surface area contributed by atoms with Crippen molar-refractivity contribution in [1.82, 2.24) is 0 Å². The summed E-state index contributed by atoms with van der Waals surface area (Å²) in [5.74, 6) is 1.20. The lowest BCUT2D eigenvalue weighted by atomic mass is 10.1. The quantitative estimate of drug-likeness (QED) is 0.274. The van der Waals surface area contributed by atoms with Crippen LogP contribution in [0.15, 0.2) is 78.9 Å². The molecule has 0 spiro atoms. The van der Waals surface area contributed by atoms with E-state index in [2.05, 4.69) is 12.1 Å². The van der Waals surface area contributed by atoms with Gasteiger partial charge in [0.25, 0.3) is 0 Å². The molecule has 0 saturated carbocycles. The third-order valence-electron chi connectivity index (χ3n) is 4.81. The predicted octanol–water partition coefficient (Wildman–Crippen LogP) is 5.67. The van der Waals surface area contributed by atoms with Crippen LogP contribution in [0.3, 0.4) is 0 Å². The van der Waals surface area contributed by atoms with Crippen molar-refractivity contribution in [1.29, 1.82) is 0 Å². The first-order valence-corrected chi connectivity index (χ1v) is 10.0. The highest BCUT2D eigenvalue weighted by atomic mass is 16.7. The third kappa shape index (κ3) is 5.77. The van der Waals surface area contributed by atoms with Crippen molar-refractivity contribution in [3.05, 3.63) is 90.0 Å². The first kappa shape index (κ1) is 21.2. The summed E-state index contributed by atoms with van der Waals surface area (Å²) >= 11 is 0. The number of anilines is 1. The highest BCUT2D eigenvalue weighted by molar-refractivity contribution is 5.64. The van der Waals surface area contributed by atoms with Gasteiger partial charge in [0, 0.05) is 18.3 Å². The van der Waals surface area contributed by atoms with Crippen molar-refractivity contribution in [2.45, 2.75) is 26.5 Å². The fraction of sp³-hybridized carbons (Fsp3) is 0.240. The number of methoxy groups -OCH3 is 1. The molecule has 3 rings (SSSR count). The van der Waals surface area contributed by atoms with Crippen LogP contribution in [0.5, 0.6) is 11.5 Å². The minimum Gasteiger partial charge on any atom is -0.497 e. The van der Waals surface area contributed by atoms with Crippen molar-refractivity contribution in [3.8, 4) is 11.5 Å². The number of nitrogens with zero attached hydrogens (tertiary/aromatic N) is 1.